The van der Waals surface area contributed by atoms with Gasteiger partial charge in [-0.3, -0.25) is 4.79 Å². The molecule has 0 radical (unpaired) electrons. The minimum Gasteiger partial charge on any atom is -0.496 e. The van der Waals surface area contributed by atoms with Crippen LogP contribution in [0.5, 0.6) is 5.75 Å². The molecule has 2 aromatic rings. The predicted molar refractivity (Wildman–Crippen MR) is 84.1 cm³/mol. The molecule has 0 saturated carbocycles. The quantitative estimate of drug-likeness (QED) is 0.886. The van der Waals surface area contributed by atoms with Gasteiger partial charge in [0.05, 0.1) is 19.0 Å². The molecule has 21 heavy (non-hydrogen) atoms. The highest BCUT2D eigenvalue weighted by Crippen LogP contribution is 2.21. The van der Waals surface area contributed by atoms with Crippen molar-refractivity contribution in [2.24, 2.45) is 0 Å². The predicted octanol–water partition coefficient (Wildman–Crippen LogP) is 3.08. The van der Waals surface area contributed by atoms with Gasteiger partial charge >= 0.3 is 0 Å². The Labute approximate surface area is 124 Å². The van der Waals surface area contributed by atoms with Crippen LogP contribution in [0, 0.1) is 6.92 Å². The van der Waals surface area contributed by atoms with Gasteiger partial charge < -0.3 is 15.4 Å². The van der Waals surface area contributed by atoms with Crippen LogP contribution in [-0.2, 0) is 0 Å². The number of benzene rings is 1. The zero-order valence-electron chi connectivity index (χ0n) is 12.4. The maximum atomic E-state index is 12.1. The van der Waals surface area contributed by atoms with E-state index < -0.39 is 0 Å². The molecule has 0 aliphatic rings. The second-order valence-corrected chi connectivity index (χ2v) is 4.60. The van der Waals surface area contributed by atoms with Crippen molar-refractivity contribution in [1.82, 2.24) is 4.98 Å². The molecule has 5 heteroatoms. The number of ether oxygens (including phenoxy) is 1. The Morgan fingerprint density at radius 1 is 1.24 bits per heavy atom. The molecule has 1 aromatic carbocycles. The van der Waals surface area contributed by atoms with E-state index in [1.807, 2.05) is 32.0 Å². The zero-order chi connectivity index (χ0) is 15.2. The second kappa shape index (κ2) is 6.74. The Morgan fingerprint density at radius 2 is 2.00 bits per heavy atom. The minimum absolute atomic E-state index is 0.234. The van der Waals surface area contributed by atoms with Crippen molar-refractivity contribution in [2.45, 2.75) is 13.8 Å². The smallest absolute Gasteiger partial charge is 0.274 e. The lowest BCUT2D eigenvalue weighted by atomic mass is 10.2. The van der Waals surface area contributed by atoms with Crippen molar-refractivity contribution in [3.05, 3.63) is 47.8 Å². The summed E-state index contributed by atoms with van der Waals surface area (Å²) in [4.78, 5) is 16.3. The van der Waals surface area contributed by atoms with E-state index in [0.717, 1.165) is 29.2 Å². The molecule has 0 saturated heterocycles. The number of rotatable bonds is 5. The van der Waals surface area contributed by atoms with Gasteiger partial charge in [0.25, 0.3) is 5.91 Å². The number of nitrogens with one attached hydrogen (secondary N) is 2. The third kappa shape index (κ3) is 3.72. The maximum absolute atomic E-state index is 12.1. The summed E-state index contributed by atoms with van der Waals surface area (Å²) in [6.45, 7) is 4.75. The van der Waals surface area contributed by atoms with Crippen LogP contribution in [0.1, 0.15) is 23.0 Å². The van der Waals surface area contributed by atoms with Gasteiger partial charge in [-0.25, -0.2) is 4.98 Å². The van der Waals surface area contributed by atoms with Crippen LogP contribution in [0.15, 0.2) is 36.5 Å². The van der Waals surface area contributed by atoms with Crippen molar-refractivity contribution < 1.29 is 9.53 Å². The molecule has 0 fully saturated rings. The number of methoxy groups -OCH3 is 1. The molecule has 2 rings (SSSR count). The number of carbonyl (C=O) groups excluding carboxylic acids is 1. The fourth-order valence-corrected chi connectivity index (χ4v) is 1.99. The van der Waals surface area contributed by atoms with Crippen LogP contribution in [0.25, 0.3) is 0 Å². The molecular weight excluding hydrogens is 266 g/mol. The number of anilines is 2. The van der Waals surface area contributed by atoms with E-state index in [9.17, 15) is 4.79 Å². The summed E-state index contributed by atoms with van der Waals surface area (Å²) in [7, 11) is 1.62. The average Bonchev–Trinajstić information content (AvgIpc) is 2.48. The first-order valence-corrected chi connectivity index (χ1v) is 6.80. The normalized spacial score (nSPS) is 10.0. The molecule has 1 amide bonds. The molecule has 5 nitrogen and oxygen atoms in total. The number of amides is 1. The standard InChI is InChI=1S/C16H19N3O2/c1-4-17-13-5-7-14(18-10-13)16(20)19-12-6-8-15(21-3)11(2)9-12/h5-10,17H,4H2,1-3H3,(H,19,20). The third-order valence-electron chi connectivity index (χ3n) is 3.03. The number of pyridine rings is 1. The minimum atomic E-state index is -0.234. The lowest BCUT2D eigenvalue weighted by Gasteiger charge is -2.09. The third-order valence-corrected chi connectivity index (χ3v) is 3.03. The Morgan fingerprint density at radius 3 is 2.57 bits per heavy atom. The maximum Gasteiger partial charge on any atom is 0.274 e. The molecule has 110 valence electrons. The molecule has 1 heterocycles. The molecule has 0 atom stereocenters. The molecule has 1 aromatic heterocycles. The Bertz CT molecular complexity index is 624. The van der Waals surface area contributed by atoms with Gasteiger partial charge in [-0.2, -0.15) is 0 Å². The highest BCUT2D eigenvalue weighted by atomic mass is 16.5. The molecule has 0 aliphatic heterocycles. The monoisotopic (exact) mass is 285 g/mol. The summed E-state index contributed by atoms with van der Waals surface area (Å²) in [6, 6.07) is 9.03. The van der Waals surface area contributed by atoms with Gasteiger partial charge in [0.2, 0.25) is 0 Å². The zero-order valence-corrected chi connectivity index (χ0v) is 12.4. The van der Waals surface area contributed by atoms with Crippen LogP contribution in [0.4, 0.5) is 11.4 Å². The summed E-state index contributed by atoms with van der Waals surface area (Å²) in [5, 5.41) is 5.96. The van der Waals surface area contributed by atoms with Gasteiger partial charge in [0.1, 0.15) is 11.4 Å². The first kappa shape index (κ1) is 14.8. The first-order chi connectivity index (χ1) is 10.1. The summed E-state index contributed by atoms with van der Waals surface area (Å²) in [5.41, 5.74) is 2.96. The number of aromatic nitrogens is 1. The van der Waals surface area contributed by atoms with E-state index >= 15 is 0 Å². The largest absolute Gasteiger partial charge is 0.496 e. The van der Waals surface area contributed by atoms with Crippen LogP contribution in [-0.4, -0.2) is 24.5 Å². The van der Waals surface area contributed by atoms with E-state index in [1.54, 1.807) is 25.4 Å². The first-order valence-electron chi connectivity index (χ1n) is 6.80. The van der Waals surface area contributed by atoms with Crippen molar-refractivity contribution in [2.75, 3.05) is 24.3 Å². The number of hydrogen-bond donors (Lipinski definition) is 2. The van der Waals surface area contributed by atoms with Crippen molar-refractivity contribution in [3.63, 3.8) is 0 Å². The number of aryl methyl sites for hydroxylation is 1. The Balaban J connectivity index is 2.08. The molecule has 0 spiro atoms. The Hall–Kier alpha value is -2.56. The number of carbonyl (C=O) groups is 1. The van der Waals surface area contributed by atoms with E-state index in [1.165, 1.54) is 0 Å². The summed E-state index contributed by atoms with van der Waals surface area (Å²) < 4.78 is 5.19. The van der Waals surface area contributed by atoms with Crippen molar-refractivity contribution >= 4 is 17.3 Å². The molecule has 2 N–H and O–H groups in total. The van der Waals surface area contributed by atoms with Gasteiger partial charge in [0, 0.05) is 12.2 Å². The van der Waals surface area contributed by atoms with Gasteiger partial charge in [-0.1, -0.05) is 0 Å². The van der Waals surface area contributed by atoms with Crippen LogP contribution in [0.2, 0.25) is 0 Å². The highest BCUT2D eigenvalue weighted by Gasteiger charge is 2.08. The number of hydrogen-bond acceptors (Lipinski definition) is 4. The van der Waals surface area contributed by atoms with E-state index in [4.69, 9.17) is 4.74 Å². The van der Waals surface area contributed by atoms with E-state index in [-0.39, 0.29) is 5.91 Å². The SMILES string of the molecule is CCNc1ccc(C(=O)Nc2ccc(OC)c(C)c2)nc1. The van der Waals surface area contributed by atoms with Gasteiger partial charge in [-0.05, 0) is 49.7 Å². The lowest BCUT2D eigenvalue weighted by molar-refractivity contribution is 0.102. The van der Waals surface area contributed by atoms with E-state index in [0.29, 0.717) is 5.69 Å². The highest BCUT2D eigenvalue weighted by molar-refractivity contribution is 6.03. The fourth-order valence-electron chi connectivity index (χ4n) is 1.99. The topological polar surface area (TPSA) is 63.2 Å². The summed E-state index contributed by atoms with van der Waals surface area (Å²) >= 11 is 0. The molecule has 0 unspecified atom stereocenters. The Kier molecular flexibility index (Phi) is 4.77. The average molecular weight is 285 g/mol. The summed E-state index contributed by atoms with van der Waals surface area (Å²) in [6.07, 6.45) is 1.65. The lowest BCUT2D eigenvalue weighted by Crippen LogP contribution is -2.14. The van der Waals surface area contributed by atoms with Gasteiger partial charge in [0.15, 0.2) is 0 Å². The van der Waals surface area contributed by atoms with Crippen molar-refractivity contribution in [1.29, 1.82) is 0 Å². The second-order valence-electron chi connectivity index (χ2n) is 4.60. The van der Waals surface area contributed by atoms with E-state index in [2.05, 4.69) is 15.6 Å². The number of nitrogens with zero attached hydrogens (tertiary/aromatic N) is 1. The fraction of sp³-hybridized carbons (Fsp3) is 0.250. The summed E-state index contributed by atoms with van der Waals surface area (Å²) in [5.74, 6) is 0.559. The van der Waals surface area contributed by atoms with Gasteiger partial charge in [-0.15, -0.1) is 0 Å². The van der Waals surface area contributed by atoms with Crippen LogP contribution >= 0.6 is 0 Å². The molecule has 0 bridgehead atoms. The molecule has 0 aliphatic carbocycles. The van der Waals surface area contributed by atoms with Crippen LogP contribution in [0.3, 0.4) is 0 Å². The van der Waals surface area contributed by atoms with Crippen molar-refractivity contribution in [3.8, 4) is 5.75 Å². The molecular formula is C16H19N3O2. The van der Waals surface area contributed by atoms with Crippen LogP contribution < -0.4 is 15.4 Å².